The molecule has 1 aromatic carbocycles. The molecule has 0 spiro atoms. The molecule has 0 radical (unpaired) electrons. The second kappa shape index (κ2) is 8.34. The van der Waals surface area contributed by atoms with Crippen LogP contribution in [0.15, 0.2) is 24.3 Å². The van der Waals surface area contributed by atoms with Gasteiger partial charge in [-0.3, -0.25) is 14.9 Å². The van der Waals surface area contributed by atoms with Gasteiger partial charge < -0.3 is 5.32 Å². The number of amides is 1. The van der Waals surface area contributed by atoms with Crippen LogP contribution in [0.1, 0.15) is 38.7 Å². The van der Waals surface area contributed by atoms with Crippen LogP contribution in [0.3, 0.4) is 0 Å². The average molecular weight is 336 g/mol. The van der Waals surface area contributed by atoms with Crippen molar-refractivity contribution in [3.8, 4) is 0 Å². The van der Waals surface area contributed by atoms with Gasteiger partial charge in [0, 0.05) is 23.9 Å². The third-order valence-corrected chi connectivity index (χ3v) is 5.71. The Morgan fingerprint density at radius 2 is 2.00 bits per heavy atom. The minimum Gasteiger partial charge on any atom is -0.352 e. The maximum atomic E-state index is 12.1. The van der Waals surface area contributed by atoms with Gasteiger partial charge in [0.1, 0.15) is 0 Å². The summed E-state index contributed by atoms with van der Waals surface area (Å²) in [6.07, 6.45) is 3.51. The summed E-state index contributed by atoms with van der Waals surface area (Å²) in [6.45, 7) is 4.48. The summed E-state index contributed by atoms with van der Waals surface area (Å²) in [5.41, 5.74) is 1.09. The number of nitro groups is 1. The number of carbonyl (C=O) groups is 1. The van der Waals surface area contributed by atoms with E-state index in [1.165, 1.54) is 36.7 Å². The second-order valence-electron chi connectivity index (χ2n) is 6.36. The average Bonchev–Trinajstić information content (AvgIpc) is 2.52. The first-order valence-corrected chi connectivity index (χ1v) is 9.23. The van der Waals surface area contributed by atoms with Crippen LogP contribution in [0.5, 0.6) is 0 Å². The van der Waals surface area contributed by atoms with Crippen LogP contribution < -0.4 is 5.32 Å². The summed E-state index contributed by atoms with van der Waals surface area (Å²) in [5.74, 6) is 2.40. The number of nitro benzene ring substituents is 1. The molecule has 0 aromatic heterocycles. The molecule has 0 heterocycles. The fraction of sp³-hybridized carbons (Fsp3) is 0.588. The van der Waals surface area contributed by atoms with E-state index >= 15 is 0 Å². The van der Waals surface area contributed by atoms with Gasteiger partial charge in [-0.25, -0.2) is 0 Å². The summed E-state index contributed by atoms with van der Waals surface area (Å²) in [5, 5.41) is 13.8. The quantitative estimate of drug-likeness (QED) is 0.634. The lowest BCUT2D eigenvalue weighted by atomic mass is 9.78. The number of carbonyl (C=O) groups excluding carboxylic acids is 1. The normalized spacial score (nSPS) is 24.2. The number of nitrogens with zero attached hydrogens (tertiary/aromatic N) is 1. The van der Waals surface area contributed by atoms with Gasteiger partial charge in [0.15, 0.2) is 0 Å². The lowest BCUT2D eigenvalue weighted by Gasteiger charge is -2.34. The molecule has 2 rings (SSSR count). The van der Waals surface area contributed by atoms with Gasteiger partial charge in [0.25, 0.3) is 5.69 Å². The van der Waals surface area contributed by atoms with E-state index < -0.39 is 4.92 Å². The molecule has 126 valence electrons. The fourth-order valence-electron chi connectivity index (χ4n) is 3.01. The van der Waals surface area contributed by atoms with E-state index in [1.807, 2.05) is 0 Å². The monoisotopic (exact) mass is 336 g/mol. The molecule has 0 saturated heterocycles. The number of non-ortho nitro benzene ring substituents is 1. The third-order valence-electron chi connectivity index (χ3n) is 4.70. The molecular weight excluding hydrogens is 312 g/mol. The highest BCUT2D eigenvalue weighted by atomic mass is 32.2. The zero-order valence-corrected chi connectivity index (χ0v) is 14.5. The zero-order valence-electron chi connectivity index (χ0n) is 13.7. The van der Waals surface area contributed by atoms with Crippen LogP contribution >= 0.6 is 11.8 Å². The number of hydrogen-bond donors (Lipinski definition) is 1. The number of hydrogen-bond acceptors (Lipinski definition) is 4. The van der Waals surface area contributed by atoms with Crippen LogP contribution in [0.25, 0.3) is 0 Å². The molecule has 6 heteroatoms. The van der Waals surface area contributed by atoms with Crippen molar-refractivity contribution in [2.24, 2.45) is 11.8 Å². The Morgan fingerprint density at radius 3 is 2.65 bits per heavy atom. The summed E-state index contributed by atoms with van der Waals surface area (Å²) in [4.78, 5) is 22.3. The van der Waals surface area contributed by atoms with Crippen LogP contribution in [0.2, 0.25) is 0 Å². The summed E-state index contributed by atoms with van der Waals surface area (Å²) in [7, 11) is 0. The zero-order chi connectivity index (χ0) is 16.8. The lowest BCUT2D eigenvalue weighted by molar-refractivity contribution is -0.384. The highest BCUT2D eigenvalue weighted by Gasteiger charge is 2.27. The van der Waals surface area contributed by atoms with E-state index in [1.54, 1.807) is 12.1 Å². The summed E-state index contributed by atoms with van der Waals surface area (Å²) in [6, 6.07) is 6.79. The number of nitrogens with one attached hydrogen (secondary N) is 1. The van der Waals surface area contributed by atoms with Crippen molar-refractivity contribution in [2.75, 3.05) is 5.75 Å². The van der Waals surface area contributed by atoms with Crippen molar-refractivity contribution >= 4 is 23.4 Å². The molecule has 1 amide bonds. The number of benzene rings is 1. The third kappa shape index (κ3) is 5.23. The molecule has 5 nitrogen and oxygen atoms in total. The molecule has 23 heavy (non-hydrogen) atoms. The topological polar surface area (TPSA) is 72.2 Å². The van der Waals surface area contributed by atoms with E-state index in [4.69, 9.17) is 0 Å². The van der Waals surface area contributed by atoms with Crippen LogP contribution in [0, 0.1) is 22.0 Å². The van der Waals surface area contributed by atoms with E-state index in [9.17, 15) is 14.9 Å². The molecule has 1 aliphatic carbocycles. The largest absolute Gasteiger partial charge is 0.352 e. The molecule has 3 atom stereocenters. The van der Waals surface area contributed by atoms with Gasteiger partial charge in [-0.1, -0.05) is 38.8 Å². The van der Waals surface area contributed by atoms with Crippen molar-refractivity contribution in [1.29, 1.82) is 0 Å². The van der Waals surface area contributed by atoms with E-state index in [-0.39, 0.29) is 11.6 Å². The minimum atomic E-state index is -0.406. The van der Waals surface area contributed by atoms with Crippen molar-refractivity contribution in [2.45, 2.75) is 44.9 Å². The maximum Gasteiger partial charge on any atom is 0.269 e. The van der Waals surface area contributed by atoms with Gasteiger partial charge in [0.2, 0.25) is 5.91 Å². The summed E-state index contributed by atoms with van der Waals surface area (Å²) < 4.78 is 0. The van der Waals surface area contributed by atoms with Gasteiger partial charge in [-0.05, 0) is 23.8 Å². The van der Waals surface area contributed by atoms with E-state index in [0.29, 0.717) is 29.4 Å². The Kier molecular flexibility index (Phi) is 6.45. The molecule has 1 N–H and O–H groups in total. The predicted molar refractivity (Wildman–Crippen MR) is 93.4 cm³/mol. The number of thioether (sulfide) groups is 1. The second-order valence-corrected chi connectivity index (χ2v) is 7.34. The molecule has 1 fully saturated rings. The first-order chi connectivity index (χ1) is 11.0. The first kappa shape index (κ1) is 17.8. The van der Waals surface area contributed by atoms with E-state index in [2.05, 4.69) is 19.2 Å². The standard InChI is InChI=1S/C17H24N2O3S/c1-12-4-3-5-16(13(12)2)18-17(20)11-23-10-14-6-8-15(9-7-14)19(21)22/h6-9,12-13,16H,3-5,10-11H2,1-2H3,(H,18,20)/t12-,13+,16-/m0/s1. The van der Waals surface area contributed by atoms with E-state index in [0.717, 1.165) is 12.0 Å². The Morgan fingerprint density at radius 1 is 1.30 bits per heavy atom. The van der Waals surface area contributed by atoms with Crippen LogP contribution in [0.4, 0.5) is 5.69 Å². The highest BCUT2D eigenvalue weighted by Crippen LogP contribution is 2.29. The van der Waals surface area contributed by atoms with Crippen molar-refractivity contribution in [1.82, 2.24) is 5.32 Å². The molecular formula is C17H24N2O3S. The van der Waals surface area contributed by atoms with Crippen LogP contribution in [-0.4, -0.2) is 22.6 Å². The number of rotatable bonds is 6. The summed E-state index contributed by atoms with van der Waals surface area (Å²) >= 11 is 1.54. The lowest BCUT2D eigenvalue weighted by Crippen LogP contribution is -2.44. The van der Waals surface area contributed by atoms with Crippen molar-refractivity contribution < 1.29 is 9.72 Å². The molecule has 1 aromatic rings. The first-order valence-electron chi connectivity index (χ1n) is 8.08. The Labute approximate surface area is 141 Å². The van der Waals surface area contributed by atoms with Crippen LogP contribution in [-0.2, 0) is 10.5 Å². The van der Waals surface area contributed by atoms with Gasteiger partial charge in [0.05, 0.1) is 10.7 Å². The highest BCUT2D eigenvalue weighted by molar-refractivity contribution is 7.99. The minimum absolute atomic E-state index is 0.0860. The van der Waals surface area contributed by atoms with Crippen molar-refractivity contribution in [3.63, 3.8) is 0 Å². The molecule has 0 bridgehead atoms. The fourth-order valence-corrected chi connectivity index (χ4v) is 3.81. The Bertz CT molecular complexity index is 547. The Hall–Kier alpha value is -1.56. The SMILES string of the molecule is C[C@H]1[C@@H](NC(=O)CSCc2ccc([N+](=O)[O-])cc2)CCC[C@@H]1C. The maximum absolute atomic E-state index is 12.1. The molecule has 0 unspecified atom stereocenters. The predicted octanol–water partition coefficient (Wildman–Crippen LogP) is 3.77. The molecule has 0 aliphatic heterocycles. The molecule has 1 aliphatic rings. The Balaban J connectivity index is 1.73. The van der Waals surface area contributed by atoms with Crippen molar-refractivity contribution in [3.05, 3.63) is 39.9 Å². The smallest absolute Gasteiger partial charge is 0.269 e. The van der Waals surface area contributed by atoms with Gasteiger partial charge in [-0.15, -0.1) is 11.8 Å². The molecule has 1 saturated carbocycles. The van der Waals surface area contributed by atoms with Gasteiger partial charge >= 0.3 is 0 Å². The van der Waals surface area contributed by atoms with Gasteiger partial charge in [-0.2, -0.15) is 0 Å².